The van der Waals surface area contributed by atoms with Gasteiger partial charge in [-0.3, -0.25) is 0 Å². The van der Waals surface area contributed by atoms with Gasteiger partial charge in [0.2, 0.25) is 0 Å². The Bertz CT molecular complexity index is 145. The van der Waals surface area contributed by atoms with Crippen molar-refractivity contribution in [2.24, 2.45) is 5.92 Å². The predicted octanol–water partition coefficient (Wildman–Crippen LogP) is 1.67. The van der Waals surface area contributed by atoms with Crippen LogP contribution in [0.25, 0.3) is 0 Å². The summed E-state index contributed by atoms with van der Waals surface area (Å²) in [6, 6.07) is 0.795. The standard InChI is InChI=1S/C11H24N2/c1-5-10(2)8-13-7-6-11(9-13)12(3)4/h10-11H,5-9H2,1-4H3/t10-,11-/m0/s1. The second kappa shape index (κ2) is 4.97. The molecule has 0 spiro atoms. The third-order valence-electron chi connectivity index (χ3n) is 3.24. The van der Waals surface area contributed by atoms with Crippen LogP contribution in [-0.2, 0) is 0 Å². The third-order valence-corrected chi connectivity index (χ3v) is 3.24. The number of nitrogens with zero attached hydrogens (tertiary/aromatic N) is 2. The first-order valence-electron chi connectivity index (χ1n) is 5.52. The molecule has 1 aliphatic heterocycles. The molecule has 0 unspecified atom stereocenters. The Hall–Kier alpha value is -0.0800. The Morgan fingerprint density at radius 1 is 1.46 bits per heavy atom. The van der Waals surface area contributed by atoms with Crippen molar-refractivity contribution in [1.82, 2.24) is 9.80 Å². The third kappa shape index (κ3) is 3.28. The second-order valence-corrected chi connectivity index (χ2v) is 4.68. The molecule has 0 amide bonds. The van der Waals surface area contributed by atoms with Crippen LogP contribution >= 0.6 is 0 Å². The van der Waals surface area contributed by atoms with Crippen molar-refractivity contribution in [2.45, 2.75) is 32.7 Å². The van der Waals surface area contributed by atoms with Gasteiger partial charge in [0.05, 0.1) is 0 Å². The SMILES string of the molecule is CC[C@H](C)CN1CC[C@H](N(C)C)C1. The molecular weight excluding hydrogens is 160 g/mol. The quantitative estimate of drug-likeness (QED) is 0.656. The van der Waals surface area contributed by atoms with Crippen molar-refractivity contribution in [1.29, 1.82) is 0 Å². The minimum atomic E-state index is 0.795. The molecule has 13 heavy (non-hydrogen) atoms. The lowest BCUT2D eigenvalue weighted by Gasteiger charge is -2.22. The molecule has 1 rings (SSSR count). The Morgan fingerprint density at radius 3 is 2.62 bits per heavy atom. The van der Waals surface area contributed by atoms with E-state index in [4.69, 9.17) is 0 Å². The minimum absolute atomic E-state index is 0.795. The Kier molecular flexibility index (Phi) is 4.20. The number of hydrogen-bond donors (Lipinski definition) is 0. The zero-order valence-corrected chi connectivity index (χ0v) is 9.58. The highest BCUT2D eigenvalue weighted by molar-refractivity contribution is 4.81. The van der Waals surface area contributed by atoms with E-state index in [0.29, 0.717) is 0 Å². The summed E-state index contributed by atoms with van der Waals surface area (Å²) in [6.45, 7) is 8.50. The summed E-state index contributed by atoms with van der Waals surface area (Å²) in [7, 11) is 4.38. The molecule has 0 aromatic carbocycles. The van der Waals surface area contributed by atoms with E-state index in [2.05, 4.69) is 37.7 Å². The molecule has 1 aliphatic rings. The van der Waals surface area contributed by atoms with E-state index in [1.165, 1.54) is 32.5 Å². The van der Waals surface area contributed by atoms with E-state index in [9.17, 15) is 0 Å². The van der Waals surface area contributed by atoms with Gasteiger partial charge in [0.25, 0.3) is 0 Å². The van der Waals surface area contributed by atoms with Crippen LogP contribution in [0.2, 0.25) is 0 Å². The molecular formula is C11H24N2. The summed E-state index contributed by atoms with van der Waals surface area (Å²) in [6.07, 6.45) is 2.66. The maximum absolute atomic E-state index is 2.61. The average molecular weight is 184 g/mol. The largest absolute Gasteiger partial charge is 0.305 e. The summed E-state index contributed by atoms with van der Waals surface area (Å²) < 4.78 is 0. The van der Waals surface area contributed by atoms with E-state index in [1.807, 2.05) is 0 Å². The molecule has 0 aromatic heterocycles. The van der Waals surface area contributed by atoms with Gasteiger partial charge in [-0.25, -0.2) is 0 Å². The molecule has 2 atom stereocenters. The van der Waals surface area contributed by atoms with Crippen LogP contribution in [0.3, 0.4) is 0 Å². The van der Waals surface area contributed by atoms with Gasteiger partial charge >= 0.3 is 0 Å². The highest BCUT2D eigenvalue weighted by atomic mass is 15.2. The molecule has 0 aliphatic carbocycles. The lowest BCUT2D eigenvalue weighted by molar-refractivity contribution is 0.245. The Morgan fingerprint density at radius 2 is 2.15 bits per heavy atom. The molecule has 0 bridgehead atoms. The van der Waals surface area contributed by atoms with Gasteiger partial charge in [-0.05, 0) is 33.0 Å². The summed E-state index contributed by atoms with van der Waals surface area (Å²) in [5, 5.41) is 0. The number of hydrogen-bond acceptors (Lipinski definition) is 2. The molecule has 2 nitrogen and oxygen atoms in total. The first-order valence-corrected chi connectivity index (χ1v) is 5.52. The maximum atomic E-state index is 2.61. The smallest absolute Gasteiger partial charge is 0.0229 e. The highest BCUT2D eigenvalue weighted by Gasteiger charge is 2.24. The van der Waals surface area contributed by atoms with Crippen LogP contribution in [0.15, 0.2) is 0 Å². The molecule has 0 radical (unpaired) electrons. The summed E-state index contributed by atoms with van der Waals surface area (Å²) in [4.78, 5) is 4.97. The Balaban J connectivity index is 2.25. The van der Waals surface area contributed by atoms with Crippen LogP contribution in [0.4, 0.5) is 0 Å². The monoisotopic (exact) mass is 184 g/mol. The van der Waals surface area contributed by atoms with Crippen LogP contribution in [0.1, 0.15) is 26.7 Å². The normalized spacial score (nSPS) is 27.0. The van der Waals surface area contributed by atoms with Gasteiger partial charge in [-0.2, -0.15) is 0 Å². The second-order valence-electron chi connectivity index (χ2n) is 4.68. The molecule has 0 saturated carbocycles. The highest BCUT2D eigenvalue weighted by Crippen LogP contribution is 2.15. The molecule has 1 saturated heterocycles. The van der Waals surface area contributed by atoms with E-state index in [-0.39, 0.29) is 0 Å². The van der Waals surface area contributed by atoms with Crippen molar-refractivity contribution in [3.63, 3.8) is 0 Å². The number of likely N-dealkylation sites (N-methyl/N-ethyl adjacent to an activating group) is 1. The van der Waals surface area contributed by atoms with Crippen LogP contribution < -0.4 is 0 Å². The van der Waals surface area contributed by atoms with Crippen molar-refractivity contribution >= 4 is 0 Å². The molecule has 1 fully saturated rings. The van der Waals surface area contributed by atoms with Crippen molar-refractivity contribution < 1.29 is 0 Å². The zero-order valence-electron chi connectivity index (χ0n) is 9.58. The molecule has 0 aromatic rings. The van der Waals surface area contributed by atoms with E-state index >= 15 is 0 Å². The van der Waals surface area contributed by atoms with Crippen molar-refractivity contribution in [3.8, 4) is 0 Å². The fraction of sp³-hybridized carbons (Fsp3) is 1.00. The van der Waals surface area contributed by atoms with Gasteiger partial charge in [0.1, 0.15) is 0 Å². The van der Waals surface area contributed by atoms with E-state index in [0.717, 1.165) is 12.0 Å². The van der Waals surface area contributed by atoms with E-state index in [1.54, 1.807) is 0 Å². The van der Waals surface area contributed by atoms with Crippen LogP contribution in [0.5, 0.6) is 0 Å². The van der Waals surface area contributed by atoms with Gasteiger partial charge in [0, 0.05) is 19.1 Å². The fourth-order valence-electron chi connectivity index (χ4n) is 1.97. The molecule has 1 heterocycles. The van der Waals surface area contributed by atoms with Gasteiger partial charge in [-0.1, -0.05) is 20.3 Å². The average Bonchev–Trinajstić information content (AvgIpc) is 2.52. The predicted molar refractivity (Wildman–Crippen MR) is 58.0 cm³/mol. The van der Waals surface area contributed by atoms with Crippen LogP contribution in [0, 0.1) is 5.92 Å². The summed E-state index contributed by atoms with van der Waals surface area (Å²) in [5.74, 6) is 0.862. The summed E-state index contributed by atoms with van der Waals surface area (Å²) in [5.41, 5.74) is 0. The molecule has 2 heteroatoms. The fourth-order valence-corrected chi connectivity index (χ4v) is 1.97. The first kappa shape index (κ1) is 11.0. The van der Waals surface area contributed by atoms with Gasteiger partial charge < -0.3 is 9.80 Å². The van der Waals surface area contributed by atoms with Crippen LogP contribution in [-0.4, -0.2) is 49.6 Å². The minimum Gasteiger partial charge on any atom is -0.305 e. The van der Waals surface area contributed by atoms with Gasteiger partial charge in [0.15, 0.2) is 0 Å². The van der Waals surface area contributed by atoms with Gasteiger partial charge in [-0.15, -0.1) is 0 Å². The first-order chi connectivity index (χ1) is 6.13. The Labute approximate surface area is 82.9 Å². The van der Waals surface area contributed by atoms with Crippen molar-refractivity contribution in [2.75, 3.05) is 33.7 Å². The molecule has 0 N–H and O–H groups in total. The van der Waals surface area contributed by atoms with Crippen molar-refractivity contribution in [3.05, 3.63) is 0 Å². The topological polar surface area (TPSA) is 6.48 Å². The maximum Gasteiger partial charge on any atom is 0.0229 e. The van der Waals surface area contributed by atoms with E-state index < -0.39 is 0 Å². The number of rotatable bonds is 4. The lowest BCUT2D eigenvalue weighted by atomic mass is 10.1. The zero-order chi connectivity index (χ0) is 9.84. The lowest BCUT2D eigenvalue weighted by Crippen LogP contribution is -2.33. The number of likely N-dealkylation sites (tertiary alicyclic amines) is 1. The summed E-state index contributed by atoms with van der Waals surface area (Å²) >= 11 is 0. The molecule has 78 valence electrons.